The van der Waals surface area contributed by atoms with Gasteiger partial charge in [0.25, 0.3) is 5.91 Å². The zero-order valence-corrected chi connectivity index (χ0v) is 21.5. The van der Waals surface area contributed by atoms with E-state index in [0.717, 1.165) is 33.8 Å². The van der Waals surface area contributed by atoms with Crippen LogP contribution in [-0.2, 0) is 0 Å². The van der Waals surface area contributed by atoms with Gasteiger partial charge in [-0.1, -0.05) is 80.1 Å². The predicted molar refractivity (Wildman–Crippen MR) is 151 cm³/mol. The number of nitrogens with one attached hydrogen (secondary N) is 1. The minimum Gasteiger partial charge on any atom is -0.456 e. The average molecular weight is 476 g/mol. The normalized spacial score (nSPS) is 16.3. The topological polar surface area (TPSA) is 42.2 Å². The van der Waals surface area contributed by atoms with Crippen LogP contribution in [0.1, 0.15) is 63.1 Å². The highest BCUT2D eigenvalue weighted by atomic mass is 16.3. The maximum absolute atomic E-state index is 13.5. The van der Waals surface area contributed by atoms with Crippen molar-refractivity contribution < 1.29 is 9.21 Å². The van der Waals surface area contributed by atoms with E-state index < -0.39 is 0 Å². The summed E-state index contributed by atoms with van der Waals surface area (Å²) >= 11 is 0. The Morgan fingerprint density at radius 1 is 1.00 bits per heavy atom. The number of allylic oxidation sites excluding steroid dienone is 5. The maximum Gasteiger partial charge on any atom is 0.260 e. The van der Waals surface area contributed by atoms with Gasteiger partial charge < -0.3 is 9.73 Å². The quantitative estimate of drug-likeness (QED) is 0.292. The number of amides is 1. The first-order chi connectivity index (χ1) is 17.3. The first-order valence-corrected chi connectivity index (χ1v) is 12.7. The van der Waals surface area contributed by atoms with Crippen LogP contribution >= 0.6 is 0 Å². The van der Waals surface area contributed by atoms with E-state index in [-0.39, 0.29) is 11.3 Å². The molecule has 3 aromatic carbocycles. The second-order valence-electron chi connectivity index (χ2n) is 10.5. The van der Waals surface area contributed by atoms with E-state index in [4.69, 9.17) is 4.42 Å². The molecule has 1 aromatic heterocycles. The van der Waals surface area contributed by atoms with Crippen LogP contribution in [-0.4, -0.2) is 5.91 Å². The first kappa shape index (κ1) is 23.9. The van der Waals surface area contributed by atoms with Crippen molar-refractivity contribution in [2.45, 2.75) is 47.0 Å². The summed E-state index contributed by atoms with van der Waals surface area (Å²) in [6, 6.07) is 21.8. The van der Waals surface area contributed by atoms with Crippen LogP contribution in [0.2, 0.25) is 0 Å². The smallest absolute Gasteiger partial charge is 0.260 e. The molecule has 3 nitrogen and oxygen atoms in total. The molecule has 5 rings (SSSR count). The van der Waals surface area contributed by atoms with Crippen LogP contribution in [0.15, 0.2) is 100 Å². The molecule has 36 heavy (non-hydrogen) atoms. The number of anilines is 1. The third-order valence-electron chi connectivity index (χ3n) is 7.27. The van der Waals surface area contributed by atoms with Crippen LogP contribution in [0.5, 0.6) is 0 Å². The van der Waals surface area contributed by atoms with E-state index >= 15 is 0 Å². The zero-order valence-electron chi connectivity index (χ0n) is 21.5. The summed E-state index contributed by atoms with van der Waals surface area (Å²) in [5, 5.41) is 6.13. The molecule has 0 aliphatic heterocycles. The molecule has 1 amide bonds. The van der Waals surface area contributed by atoms with Crippen LogP contribution < -0.4 is 5.32 Å². The molecule has 0 fully saturated rings. The lowest BCUT2D eigenvalue weighted by molar-refractivity contribution is 0.102. The molecule has 0 atom stereocenters. The molecule has 0 unspecified atom stereocenters. The summed E-state index contributed by atoms with van der Waals surface area (Å²) < 4.78 is 6.17. The molecular weight excluding hydrogens is 442 g/mol. The van der Waals surface area contributed by atoms with Gasteiger partial charge >= 0.3 is 0 Å². The Labute approximate surface area is 213 Å². The number of carbonyl (C=O) groups excluding carboxylic acids is 1. The van der Waals surface area contributed by atoms with E-state index in [1.54, 1.807) is 0 Å². The summed E-state index contributed by atoms with van der Waals surface area (Å²) in [5.41, 5.74) is 6.13. The standard InChI is InChI=1S/C33H33NO2/c1-22(15-18-28-23(2)10-9-19-33(28,3)4)20-30-31(27-13-7-8-14-29(27)36-30)32(35)34-26-17-16-24-11-5-6-12-25(24)21-26/h5-8,11-18,20-21H,9-10,19H2,1-4H3,(H,34,35)/b18-15+,22-20+. The summed E-state index contributed by atoms with van der Waals surface area (Å²) in [6.45, 7) is 8.94. The van der Waals surface area contributed by atoms with Crippen LogP contribution in [0.3, 0.4) is 0 Å². The van der Waals surface area contributed by atoms with Crippen molar-refractivity contribution in [3.05, 3.63) is 107 Å². The Morgan fingerprint density at radius 2 is 1.75 bits per heavy atom. The second-order valence-corrected chi connectivity index (χ2v) is 10.5. The molecule has 1 N–H and O–H groups in total. The number of benzene rings is 3. The summed E-state index contributed by atoms with van der Waals surface area (Å²) in [4.78, 5) is 13.5. The summed E-state index contributed by atoms with van der Waals surface area (Å²) in [7, 11) is 0. The van der Waals surface area contributed by atoms with Gasteiger partial charge in [-0.2, -0.15) is 0 Å². The number of carbonyl (C=O) groups is 1. The Hall–Kier alpha value is -3.85. The van der Waals surface area contributed by atoms with Gasteiger partial charge in [-0.05, 0) is 84.7 Å². The number of hydrogen-bond acceptors (Lipinski definition) is 2. The van der Waals surface area contributed by atoms with Gasteiger partial charge in [0.1, 0.15) is 11.3 Å². The molecule has 1 aliphatic rings. The minimum absolute atomic E-state index is 0.176. The third kappa shape index (κ3) is 4.79. The maximum atomic E-state index is 13.5. The molecule has 0 saturated carbocycles. The highest BCUT2D eigenvalue weighted by Gasteiger charge is 2.26. The molecule has 1 aliphatic carbocycles. The highest BCUT2D eigenvalue weighted by molar-refractivity contribution is 6.15. The van der Waals surface area contributed by atoms with Gasteiger partial charge in [0, 0.05) is 11.1 Å². The monoisotopic (exact) mass is 475 g/mol. The molecule has 0 radical (unpaired) electrons. The highest BCUT2D eigenvalue weighted by Crippen LogP contribution is 2.41. The Morgan fingerprint density at radius 3 is 2.56 bits per heavy atom. The molecule has 3 heteroatoms. The molecule has 0 spiro atoms. The summed E-state index contributed by atoms with van der Waals surface area (Å²) in [5.74, 6) is 0.399. The number of rotatable bonds is 5. The number of fused-ring (bicyclic) bond motifs is 2. The van der Waals surface area contributed by atoms with Crippen molar-refractivity contribution in [2.24, 2.45) is 5.41 Å². The third-order valence-corrected chi connectivity index (χ3v) is 7.27. The van der Waals surface area contributed by atoms with Gasteiger partial charge in [0.15, 0.2) is 0 Å². The van der Waals surface area contributed by atoms with Gasteiger partial charge in [0.05, 0.1) is 5.56 Å². The van der Waals surface area contributed by atoms with Crippen LogP contribution in [0.25, 0.3) is 27.8 Å². The van der Waals surface area contributed by atoms with Gasteiger partial charge in [-0.25, -0.2) is 0 Å². The fourth-order valence-corrected chi connectivity index (χ4v) is 5.34. The van der Waals surface area contributed by atoms with E-state index in [0.29, 0.717) is 16.9 Å². The molecule has 0 bridgehead atoms. The fourth-order valence-electron chi connectivity index (χ4n) is 5.34. The van der Waals surface area contributed by atoms with Crippen LogP contribution in [0, 0.1) is 5.41 Å². The van der Waals surface area contributed by atoms with Crippen molar-refractivity contribution in [3.8, 4) is 0 Å². The molecule has 1 heterocycles. The van der Waals surface area contributed by atoms with E-state index in [2.05, 4.69) is 51.2 Å². The lowest BCUT2D eigenvalue weighted by atomic mass is 9.72. The van der Waals surface area contributed by atoms with E-state index in [1.165, 1.54) is 24.0 Å². The van der Waals surface area contributed by atoms with Crippen molar-refractivity contribution in [1.82, 2.24) is 0 Å². The molecule has 0 saturated heterocycles. The Bertz CT molecular complexity index is 1540. The number of furan rings is 1. The van der Waals surface area contributed by atoms with Gasteiger partial charge in [0.2, 0.25) is 0 Å². The van der Waals surface area contributed by atoms with Crippen molar-refractivity contribution >= 4 is 39.4 Å². The lowest BCUT2D eigenvalue weighted by Gasteiger charge is -2.32. The fraction of sp³-hybridized carbons (Fsp3) is 0.242. The Kier molecular flexibility index (Phi) is 6.40. The minimum atomic E-state index is -0.176. The lowest BCUT2D eigenvalue weighted by Crippen LogP contribution is -2.19. The molecular formula is C33H33NO2. The summed E-state index contributed by atoms with van der Waals surface area (Å²) in [6.07, 6.45) is 9.98. The van der Waals surface area contributed by atoms with Crippen LogP contribution in [0.4, 0.5) is 5.69 Å². The largest absolute Gasteiger partial charge is 0.456 e. The molecule has 182 valence electrons. The first-order valence-electron chi connectivity index (χ1n) is 12.7. The SMILES string of the molecule is CC1=C(/C=C/C(C)=C/c2oc3ccccc3c2C(=O)Nc2ccc3ccccc3c2)C(C)(C)CCC1. The Balaban J connectivity index is 1.48. The number of hydrogen-bond donors (Lipinski definition) is 1. The zero-order chi connectivity index (χ0) is 25.3. The van der Waals surface area contributed by atoms with Crippen molar-refractivity contribution in [3.63, 3.8) is 0 Å². The average Bonchev–Trinajstić information content (AvgIpc) is 3.21. The van der Waals surface area contributed by atoms with E-state index in [9.17, 15) is 4.79 Å². The van der Waals surface area contributed by atoms with Crippen molar-refractivity contribution in [1.29, 1.82) is 0 Å². The van der Waals surface area contributed by atoms with Gasteiger partial charge in [-0.3, -0.25) is 4.79 Å². The molecule has 4 aromatic rings. The number of para-hydroxylation sites is 1. The van der Waals surface area contributed by atoms with Crippen molar-refractivity contribution in [2.75, 3.05) is 5.32 Å². The van der Waals surface area contributed by atoms with Gasteiger partial charge in [-0.15, -0.1) is 0 Å². The second kappa shape index (κ2) is 9.66. The van der Waals surface area contributed by atoms with E-state index in [1.807, 2.05) is 66.7 Å². The predicted octanol–water partition coefficient (Wildman–Crippen LogP) is 9.32.